The zero-order valence-corrected chi connectivity index (χ0v) is 16.1. The van der Waals surface area contributed by atoms with Crippen molar-refractivity contribution in [2.45, 2.75) is 13.3 Å². The summed E-state index contributed by atoms with van der Waals surface area (Å²) in [4.78, 5) is 12.4. The molecule has 0 N–H and O–H groups in total. The Bertz CT molecular complexity index is 1140. The van der Waals surface area contributed by atoms with Gasteiger partial charge in [-0.15, -0.1) is 0 Å². The van der Waals surface area contributed by atoms with E-state index in [1.54, 1.807) is 7.11 Å². The smallest absolute Gasteiger partial charge is 0.310 e. The van der Waals surface area contributed by atoms with Crippen LogP contribution in [0.3, 0.4) is 0 Å². The van der Waals surface area contributed by atoms with Gasteiger partial charge in [0, 0.05) is 0 Å². The van der Waals surface area contributed by atoms with E-state index in [4.69, 9.17) is 9.47 Å². The van der Waals surface area contributed by atoms with Crippen molar-refractivity contribution in [1.29, 1.82) is 0 Å². The number of carbonyl (C=O) groups excluding carboxylic acids is 1. The highest BCUT2D eigenvalue weighted by Gasteiger charge is 2.18. The van der Waals surface area contributed by atoms with E-state index in [0.717, 1.165) is 38.6 Å². The SMILES string of the molecule is CCOC(=O)Cc1c(-c2ccc(OC)cc2)c2ccccc2c2ccccc12. The molecule has 0 aliphatic rings. The molecule has 0 fully saturated rings. The zero-order chi connectivity index (χ0) is 19.5. The highest BCUT2D eigenvalue weighted by molar-refractivity contribution is 6.16. The Morgan fingerprint density at radius 1 is 0.786 bits per heavy atom. The van der Waals surface area contributed by atoms with Gasteiger partial charge in [0.25, 0.3) is 0 Å². The number of benzene rings is 4. The van der Waals surface area contributed by atoms with Crippen LogP contribution in [0.25, 0.3) is 32.7 Å². The first-order valence-electron chi connectivity index (χ1n) is 9.45. The number of ether oxygens (including phenoxy) is 2. The summed E-state index contributed by atoms with van der Waals surface area (Å²) in [6.45, 7) is 2.21. The maximum Gasteiger partial charge on any atom is 0.310 e. The van der Waals surface area contributed by atoms with Crippen molar-refractivity contribution in [3.8, 4) is 16.9 Å². The van der Waals surface area contributed by atoms with Gasteiger partial charge in [-0.05, 0) is 57.3 Å². The fraction of sp³-hybridized carbons (Fsp3) is 0.160. The first-order valence-corrected chi connectivity index (χ1v) is 9.45. The summed E-state index contributed by atoms with van der Waals surface area (Å²) < 4.78 is 10.6. The molecule has 3 heteroatoms. The molecular formula is C25H22O3. The average molecular weight is 370 g/mol. The van der Waals surface area contributed by atoms with Gasteiger partial charge in [0.15, 0.2) is 0 Å². The van der Waals surface area contributed by atoms with Crippen LogP contribution in [0.4, 0.5) is 0 Å². The molecule has 0 radical (unpaired) electrons. The van der Waals surface area contributed by atoms with E-state index in [2.05, 4.69) is 30.3 Å². The molecule has 0 atom stereocenters. The van der Waals surface area contributed by atoms with Crippen LogP contribution in [0, 0.1) is 0 Å². The quantitative estimate of drug-likeness (QED) is 0.330. The van der Waals surface area contributed by atoms with Crippen LogP contribution >= 0.6 is 0 Å². The number of rotatable bonds is 5. The Morgan fingerprint density at radius 3 is 1.96 bits per heavy atom. The summed E-state index contributed by atoms with van der Waals surface area (Å²) in [5, 5.41) is 4.54. The van der Waals surface area contributed by atoms with Gasteiger partial charge in [0.2, 0.25) is 0 Å². The second-order valence-electron chi connectivity index (χ2n) is 6.66. The van der Waals surface area contributed by atoms with Crippen LogP contribution < -0.4 is 4.74 Å². The predicted molar refractivity (Wildman–Crippen MR) is 114 cm³/mol. The molecule has 0 unspecified atom stereocenters. The largest absolute Gasteiger partial charge is 0.497 e. The monoisotopic (exact) mass is 370 g/mol. The molecule has 0 heterocycles. The molecule has 3 nitrogen and oxygen atoms in total. The maximum absolute atomic E-state index is 12.4. The Labute approximate surface area is 164 Å². The van der Waals surface area contributed by atoms with Crippen molar-refractivity contribution in [2.24, 2.45) is 0 Å². The van der Waals surface area contributed by atoms with Crippen molar-refractivity contribution in [2.75, 3.05) is 13.7 Å². The minimum atomic E-state index is -0.210. The van der Waals surface area contributed by atoms with Crippen LogP contribution in [-0.4, -0.2) is 19.7 Å². The van der Waals surface area contributed by atoms with E-state index in [0.29, 0.717) is 6.61 Å². The van der Waals surface area contributed by atoms with Crippen molar-refractivity contribution in [1.82, 2.24) is 0 Å². The third-order valence-corrected chi connectivity index (χ3v) is 5.05. The van der Waals surface area contributed by atoms with Crippen LogP contribution in [0.2, 0.25) is 0 Å². The molecule has 0 aliphatic heterocycles. The summed E-state index contributed by atoms with van der Waals surface area (Å²) in [6, 6.07) is 24.6. The lowest BCUT2D eigenvalue weighted by atomic mass is 9.87. The van der Waals surface area contributed by atoms with Gasteiger partial charge in [0.05, 0.1) is 20.1 Å². The molecule has 0 bridgehead atoms. The lowest BCUT2D eigenvalue weighted by Gasteiger charge is -2.18. The standard InChI is InChI=1S/C25H22O3/c1-3-28-24(26)16-23-21-10-5-4-8-19(21)20-9-6-7-11-22(20)25(23)17-12-14-18(27-2)15-13-17/h4-15H,3,16H2,1-2H3. The molecule has 0 spiro atoms. The number of hydrogen-bond donors (Lipinski definition) is 0. The summed E-state index contributed by atoms with van der Waals surface area (Å²) in [5.41, 5.74) is 3.13. The molecule has 4 aromatic carbocycles. The summed E-state index contributed by atoms with van der Waals surface area (Å²) in [6.07, 6.45) is 0.237. The van der Waals surface area contributed by atoms with E-state index < -0.39 is 0 Å². The predicted octanol–water partition coefficient (Wildman–Crippen LogP) is 5.77. The summed E-state index contributed by atoms with van der Waals surface area (Å²) in [7, 11) is 1.66. The third-order valence-electron chi connectivity index (χ3n) is 5.05. The molecule has 4 rings (SSSR count). The summed E-state index contributed by atoms with van der Waals surface area (Å²) >= 11 is 0. The Balaban J connectivity index is 2.07. The molecule has 0 saturated carbocycles. The average Bonchev–Trinajstić information content (AvgIpc) is 2.74. The minimum absolute atomic E-state index is 0.210. The highest BCUT2D eigenvalue weighted by atomic mass is 16.5. The van der Waals surface area contributed by atoms with E-state index in [1.807, 2.05) is 49.4 Å². The summed E-state index contributed by atoms with van der Waals surface area (Å²) in [5.74, 6) is 0.596. The van der Waals surface area contributed by atoms with Gasteiger partial charge < -0.3 is 9.47 Å². The molecule has 0 amide bonds. The van der Waals surface area contributed by atoms with Crippen molar-refractivity contribution < 1.29 is 14.3 Å². The first-order chi connectivity index (χ1) is 13.7. The normalized spacial score (nSPS) is 10.9. The van der Waals surface area contributed by atoms with Gasteiger partial charge in [-0.1, -0.05) is 60.7 Å². The number of carbonyl (C=O) groups is 1. The van der Waals surface area contributed by atoms with Crippen LogP contribution in [0.15, 0.2) is 72.8 Å². The number of esters is 1. The van der Waals surface area contributed by atoms with Crippen molar-refractivity contribution >= 4 is 27.5 Å². The second kappa shape index (κ2) is 7.73. The highest BCUT2D eigenvalue weighted by Crippen LogP contribution is 2.39. The Morgan fingerprint density at radius 2 is 1.36 bits per heavy atom. The zero-order valence-electron chi connectivity index (χ0n) is 16.1. The molecule has 28 heavy (non-hydrogen) atoms. The lowest BCUT2D eigenvalue weighted by molar-refractivity contribution is -0.142. The van der Waals surface area contributed by atoms with E-state index >= 15 is 0 Å². The van der Waals surface area contributed by atoms with E-state index in [1.165, 1.54) is 5.39 Å². The number of fused-ring (bicyclic) bond motifs is 3. The lowest BCUT2D eigenvalue weighted by Crippen LogP contribution is -2.09. The molecule has 0 aromatic heterocycles. The Kier molecular flexibility index (Phi) is 4.98. The number of hydrogen-bond acceptors (Lipinski definition) is 3. The van der Waals surface area contributed by atoms with Gasteiger partial charge >= 0.3 is 5.97 Å². The fourth-order valence-electron chi connectivity index (χ4n) is 3.84. The second-order valence-corrected chi connectivity index (χ2v) is 6.66. The fourth-order valence-corrected chi connectivity index (χ4v) is 3.84. The molecule has 0 aliphatic carbocycles. The maximum atomic E-state index is 12.4. The van der Waals surface area contributed by atoms with Crippen LogP contribution in [0.1, 0.15) is 12.5 Å². The van der Waals surface area contributed by atoms with Gasteiger partial charge in [0.1, 0.15) is 5.75 Å². The Hall–Kier alpha value is -3.33. The number of methoxy groups -OCH3 is 1. The van der Waals surface area contributed by atoms with Crippen molar-refractivity contribution in [3.05, 3.63) is 78.4 Å². The molecule has 4 aromatic rings. The first kappa shape index (κ1) is 18.1. The minimum Gasteiger partial charge on any atom is -0.497 e. The van der Waals surface area contributed by atoms with Crippen LogP contribution in [0.5, 0.6) is 5.75 Å². The molecule has 0 saturated heterocycles. The van der Waals surface area contributed by atoms with Crippen LogP contribution in [-0.2, 0) is 16.0 Å². The topological polar surface area (TPSA) is 35.5 Å². The van der Waals surface area contributed by atoms with E-state index in [-0.39, 0.29) is 12.4 Å². The van der Waals surface area contributed by atoms with E-state index in [9.17, 15) is 4.79 Å². The molecule has 140 valence electrons. The third kappa shape index (κ3) is 3.20. The van der Waals surface area contributed by atoms with Gasteiger partial charge in [-0.25, -0.2) is 0 Å². The van der Waals surface area contributed by atoms with Gasteiger partial charge in [-0.3, -0.25) is 4.79 Å². The molecular weight excluding hydrogens is 348 g/mol. The van der Waals surface area contributed by atoms with Gasteiger partial charge in [-0.2, -0.15) is 0 Å². The van der Waals surface area contributed by atoms with Crippen molar-refractivity contribution in [3.63, 3.8) is 0 Å².